The summed E-state index contributed by atoms with van der Waals surface area (Å²) in [5.41, 5.74) is 1.01. The quantitative estimate of drug-likeness (QED) is 0.302. The molecule has 2 N–H and O–H groups in total. The van der Waals surface area contributed by atoms with Crippen molar-refractivity contribution in [3.05, 3.63) is 30.1 Å². The molecule has 0 aromatic carbocycles. The highest BCUT2D eigenvalue weighted by atomic mass is 127. The van der Waals surface area contributed by atoms with Crippen LogP contribution in [-0.2, 0) is 11.3 Å². The minimum Gasteiger partial charge on any atom is -0.373 e. The van der Waals surface area contributed by atoms with Gasteiger partial charge >= 0.3 is 0 Å². The molecule has 7 heteroatoms. The third kappa shape index (κ3) is 7.76. The number of ether oxygens (including phenoxy) is 1. The van der Waals surface area contributed by atoms with Crippen LogP contribution in [0.5, 0.6) is 0 Å². The Bertz CT molecular complexity index is 475. The van der Waals surface area contributed by atoms with E-state index in [-0.39, 0.29) is 24.0 Å². The Balaban J connectivity index is 0.00000288. The zero-order valence-corrected chi connectivity index (χ0v) is 17.2. The van der Waals surface area contributed by atoms with Crippen LogP contribution < -0.4 is 10.6 Å². The standard InChI is InChI=1S/C17H29N5O.HI/c1-14-12-22(13-15(2)23-14)10-6-9-20-17(18-3)21-11-16-7-4-5-8-19-16;/h4-5,7-8,14-15H,6,9-13H2,1-3H3,(H2,18,20,21);1H. The summed E-state index contributed by atoms with van der Waals surface area (Å²) in [6.45, 7) is 9.01. The molecular formula is C17H30IN5O. The van der Waals surface area contributed by atoms with E-state index in [9.17, 15) is 0 Å². The van der Waals surface area contributed by atoms with Crippen LogP contribution in [-0.4, -0.2) is 61.3 Å². The van der Waals surface area contributed by atoms with Gasteiger partial charge in [-0.1, -0.05) is 6.07 Å². The summed E-state index contributed by atoms with van der Waals surface area (Å²) >= 11 is 0. The van der Waals surface area contributed by atoms with E-state index >= 15 is 0 Å². The maximum atomic E-state index is 5.76. The number of hydrogen-bond acceptors (Lipinski definition) is 4. The van der Waals surface area contributed by atoms with Gasteiger partial charge in [0.15, 0.2) is 5.96 Å². The Hall–Kier alpha value is -0.930. The SMILES string of the molecule is CN=C(NCCCN1CC(C)OC(C)C1)NCc1ccccn1.I. The molecular weight excluding hydrogens is 417 g/mol. The zero-order valence-electron chi connectivity index (χ0n) is 14.9. The van der Waals surface area contributed by atoms with Crippen LogP contribution >= 0.6 is 24.0 Å². The number of pyridine rings is 1. The number of rotatable bonds is 6. The van der Waals surface area contributed by atoms with E-state index in [1.54, 1.807) is 13.2 Å². The highest BCUT2D eigenvalue weighted by molar-refractivity contribution is 14.0. The fourth-order valence-corrected chi connectivity index (χ4v) is 2.87. The Kier molecular flexibility index (Phi) is 10.2. The normalized spacial score (nSPS) is 21.9. The van der Waals surface area contributed by atoms with Crippen molar-refractivity contribution < 1.29 is 4.74 Å². The molecule has 0 amide bonds. The lowest BCUT2D eigenvalue weighted by Crippen LogP contribution is -2.46. The van der Waals surface area contributed by atoms with Crippen LogP contribution in [0.1, 0.15) is 26.0 Å². The van der Waals surface area contributed by atoms with Gasteiger partial charge in [0.25, 0.3) is 0 Å². The molecule has 2 atom stereocenters. The number of hydrogen-bond donors (Lipinski definition) is 2. The molecule has 1 aromatic rings. The molecule has 2 unspecified atom stereocenters. The van der Waals surface area contributed by atoms with Crippen molar-refractivity contribution in [3.63, 3.8) is 0 Å². The predicted molar refractivity (Wildman–Crippen MR) is 109 cm³/mol. The highest BCUT2D eigenvalue weighted by Crippen LogP contribution is 2.10. The van der Waals surface area contributed by atoms with Gasteiger partial charge < -0.3 is 15.4 Å². The van der Waals surface area contributed by atoms with Gasteiger partial charge in [-0.15, -0.1) is 24.0 Å². The fraction of sp³-hybridized carbons (Fsp3) is 0.647. The van der Waals surface area contributed by atoms with Gasteiger partial charge in [-0.05, 0) is 32.4 Å². The second-order valence-electron chi connectivity index (χ2n) is 6.04. The fourth-order valence-electron chi connectivity index (χ4n) is 2.87. The molecule has 136 valence electrons. The summed E-state index contributed by atoms with van der Waals surface area (Å²) in [5, 5.41) is 6.64. The molecule has 2 heterocycles. The summed E-state index contributed by atoms with van der Waals surface area (Å²) in [5.74, 6) is 0.819. The van der Waals surface area contributed by atoms with Crippen molar-refractivity contribution in [2.75, 3.05) is 33.2 Å². The molecule has 0 saturated carbocycles. The summed E-state index contributed by atoms with van der Waals surface area (Å²) in [7, 11) is 1.79. The number of nitrogens with one attached hydrogen (secondary N) is 2. The van der Waals surface area contributed by atoms with Crippen LogP contribution in [0.4, 0.5) is 0 Å². The van der Waals surface area contributed by atoms with Gasteiger partial charge in [0.2, 0.25) is 0 Å². The molecule has 0 bridgehead atoms. The van der Waals surface area contributed by atoms with Gasteiger partial charge in [-0.2, -0.15) is 0 Å². The number of nitrogens with zero attached hydrogens (tertiary/aromatic N) is 3. The van der Waals surface area contributed by atoms with Crippen molar-refractivity contribution in [1.82, 2.24) is 20.5 Å². The second kappa shape index (κ2) is 11.6. The van der Waals surface area contributed by atoms with Gasteiger partial charge in [0.1, 0.15) is 0 Å². The molecule has 0 radical (unpaired) electrons. The van der Waals surface area contributed by atoms with E-state index in [4.69, 9.17) is 4.74 Å². The van der Waals surface area contributed by atoms with Crippen molar-refractivity contribution >= 4 is 29.9 Å². The molecule has 6 nitrogen and oxygen atoms in total. The molecule has 0 spiro atoms. The van der Waals surface area contributed by atoms with Crippen molar-refractivity contribution in [1.29, 1.82) is 0 Å². The van der Waals surface area contributed by atoms with Gasteiger partial charge in [0, 0.05) is 39.4 Å². The molecule has 1 aliphatic heterocycles. The van der Waals surface area contributed by atoms with Crippen LogP contribution in [0, 0.1) is 0 Å². The zero-order chi connectivity index (χ0) is 16.5. The lowest BCUT2D eigenvalue weighted by Gasteiger charge is -2.35. The average molecular weight is 447 g/mol. The van der Waals surface area contributed by atoms with Crippen LogP contribution in [0.3, 0.4) is 0 Å². The van der Waals surface area contributed by atoms with Crippen LogP contribution in [0.2, 0.25) is 0 Å². The lowest BCUT2D eigenvalue weighted by molar-refractivity contribution is -0.0679. The van der Waals surface area contributed by atoms with Gasteiger partial charge in [-0.25, -0.2) is 0 Å². The van der Waals surface area contributed by atoms with E-state index in [2.05, 4.69) is 39.4 Å². The summed E-state index contributed by atoms with van der Waals surface area (Å²) in [6.07, 6.45) is 3.56. The molecule has 1 saturated heterocycles. The average Bonchev–Trinajstić information content (AvgIpc) is 2.54. The largest absolute Gasteiger partial charge is 0.373 e. The second-order valence-corrected chi connectivity index (χ2v) is 6.04. The number of morpholine rings is 1. The monoisotopic (exact) mass is 447 g/mol. The van der Waals surface area contributed by atoms with Crippen molar-refractivity contribution in [3.8, 4) is 0 Å². The third-order valence-electron chi connectivity index (χ3n) is 3.83. The number of aliphatic imine (C=N–C) groups is 1. The maximum absolute atomic E-state index is 5.76. The maximum Gasteiger partial charge on any atom is 0.191 e. The van der Waals surface area contributed by atoms with E-state index in [0.717, 1.165) is 44.3 Å². The molecule has 0 aliphatic carbocycles. The van der Waals surface area contributed by atoms with E-state index in [1.807, 2.05) is 18.2 Å². The lowest BCUT2D eigenvalue weighted by atomic mass is 10.2. The number of aromatic nitrogens is 1. The minimum atomic E-state index is 0. The first-order valence-corrected chi connectivity index (χ1v) is 8.39. The highest BCUT2D eigenvalue weighted by Gasteiger charge is 2.21. The van der Waals surface area contributed by atoms with E-state index in [0.29, 0.717) is 18.8 Å². The first kappa shape index (κ1) is 21.1. The van der Waals surface area contributed by atoms with E-state index in [1.165, 1.54) is 0 Å². The Morgan fingerprint density at radius 2 is 2.04 bits per heavy atom. The Morgan fingerprint density at radius 3 is 2.67 bits per heavy atom. The topological polar surface area (TPSA) is 61.8 Å². The van der Waals surface area contributed by atoms with Crippen LogP contribution in [0.15, 0.2) is 29.4 Å². The number of guanidine groups is 1. The van der Waals surface area contributed by atoms with Crippen molar-refractivity contribution in [2.45, 2.75) is 39.0 Å². The Morgan fingerprint density at radius 1 is 1.29 bits per heavy atom. The molecule has 1 fully saturated rings. The molecule has 24 heavy (non-hydrogen) atoms. The van der Waals surface area contributed by atoms with Gasteiger partial charge in [0.05, 0.1) is 24.4 Å². The number of halogens is 1. The van der Waals surface area contributed by atoms with Gasteiger partial charge in [-0.3, -0.25) is 14.9 Å². The first-order chi connectivity index (χ1) is 11.2. The summed E-state index contributed by atoms with van der Waals surface area (Å²) < 4.78 is 5.76. The summed E-state index contributed by atoms with van der Waals surface area (Å²) in [6, 6.07) is 5.91. The first-order valence-electron chi connectivity index (χ1n) is 8.39. The molecule has 1 aliphatic rings. The summed E-state index contributed by atoms with van der Waals surface area (Å²) in [4.78, 5) is 11.0. The van der Waals surface area contributed by atoms with E-state index < -0.39 is 0 Å². The smallest absolute Gasteiger partial charge is 0.191 e. The molecule has 2 rings (SSSR count). The molecule has 1 aromatic heterocycles. The Labute approximate surface area is 162 Å². The van der Waals surface area contributed by atoms with Crippen LogP contribution in [0.25, 0.3) is 0 Å². The predicted octanol–water partition coefficient (Wildman–Crippen LogP) is 1.86. The van der Waals surface area contributed by atoms with Crippen molar-refractivity contribution in [2.24, 2.45) is 4.99 Å². The minimum absolute atomic E-state index is 0. The third-order valence-corrected chi connectivity index (χ3v) is 3.83.